The zero-order chi connectivity index (χ0) is 31.1. The number of unbranched alkanes of at least 4 members (excludes halogenated alkanes) is 1. The third kappa shape index (κ3) is 11.3. The molecule has 6 N–H and O–H groups in total. The number of carbonyl (C=O) groups excluding carboxylic acids is 2. The second kappa shape index (κ2) is 17.3. The predicted molar refractivity (Wildman–Crippen MR) is 162 cm³/mol. The molecule has 10 heteroatoms. The van der Waals surface area contributed by atoms with Crippen molar-refractivity contribution in [3.8, 4) is 0 Å². The van der Waals surface area contributed by atoms with Crippen LogP contribution in [0.15, 0.2) is 60.7 Å². The van der Waals surface area contributed by atoms with Crippen LogP contribution in [-0.4, -0.2) is 58.9 Å². The highest BCUT2D eigenvalue weighted by atomic mass is 16.4. The summed E-state index contributed by atoms with van der Waals surface area (Å²) in [5, 5.41) is 30.7. The van der Waals surface area contributed by atoms with E-state index in [1.165, 1.54) is 0 Å². The van der Waals surface area contributed by atoms with Gasteiger partial charge in [0.25, 0.3) is 0 Å². The number of aldehydes is 1. The van der Waals surface area contributed by atoms with E-state index in [1.54, 1.807) is 13.8 Å². The number of carbonyl (C=O) groups is 4. The minimum absolute atomic E-state index is 0.167. The van der Waals surface area contributed by atoms with E-state index in [4.69, 9.17) is 0 Å². The van der Waals surface area contributed by atoms with E-state index >= 15 is 0 Å². The van der Waals surface area contributed by atoms with Gasteiger partial charge < -0.3 is 25.6 Å². The van der Waals surface area contributed by atoms with Gasteiger partial charge in [0.05, 0.1) is 12.1 Å². The Morgan fingerprint density at radius 2 is 1.43 bits per heavy atom. The van der Waals surface area contributed by atoms with Crippen molar-refractivity contribution in [1.29, 1.82) is 0 Å². The Morgan fingerprint density at radius 1 is 0.833 bits per heavy atom. The van der Waals surface area contributed by atoms with E-state index in [1.807, 2.05) is 79.8 Å². The van der Waals surface area contributed by atoms with Gasteiger partial charge >= 0.3 is 12.2 Å². The van der Waals surface area contributed by atoms with Gasteiger partial charge in [-0.25, -0.2) is 9.59 Å². The molecule has 2 aromatic rings. The summed E-state index contributed by atoms with van der Waals surface area (Å²) in [4.78, 5) is 48.3. The fraction of sp³-hybridized carbons (Fsp3) is 0.500. The quantitative estimate of drug-likeness (QED) is 0.0856. The molecule has 42 heavy (non-hydrogen) atoms. The van der Waals surface area contributed by atoms with Crippen molar-refractivity contribution in [1.82, 2.24) is 21.3 Å². The fourth-order valence-electron chi connectivity index (χ4n) is 5.25. The second-order valence-electron chi connectivity index (χ2n) is 11.5. The fourth-order valence-corrected chi connectivity index (χ4v) is 5.25. The number of amides is 3. The van der Waals surface area contributed by atoms with Crippen LogP contribution in [0.5, 0.6) is 0 Å². The van der Waals surface area contributed by atoms with E-state index in [0.29, 0.717) is 19.4 Å². The molecular formula is C32H46N4O6. The van der Waals surface area contributed by atoms with E-state index in [2.05, 4.69) is 16.0 Å². The average molecular weight is 583 g/mol. The summed E-state index contributed by atoms with van der Waals surface area (Å²) >= 11 is 0. The summed E-state index contributed by atoms with van der Waals surface area (Å²) in [5.41, 5.74) is 0.527. The molecule has 2 unspecified atom stereocenters. The van der Waals surface area contributed by atoms with Crippen LogP contribution in [-0.2, 0) is 22.4 Å². The summed E-state index contributed by atoms with van der Waals surface area (Å²) in [5.74, 6) is -1.27. The normalized spacial score (nSPS) is 14.9. The Balaban J connectivity index is 2.53. The maximum Gasteiger partial charge on any atom is 0.411 e. The monoisotopic (exact) mass is 582 g/mol. The lowest BCUT2D eigenvalue weighted by Gasteiger charge is -2.45. The minimum atomic E-state index is -1.48. The number of benzene rings is 2. The van der Waals surface area contributed by atoms with Crippen molar-refractivity contribution >= 4 is 24.4 Å². The van der Waals surface area contributed by atoms with E-state index in [9.17, 15) is 29.4 Å². The number of hydrogen-bond acceptors (Lipinski definition) is 6. The molecular weight excluding hydrogens is 536 g/mol. The van der Waals surface area contributed by atoms with Gasteiger partial charge in [0, 0.05) is 6.42 Å². The zero-order valence-electron chi connectivity index (χ0n) is 25.0. The molecule has 4 atom stereocenters. The molecule has 0 saturated carbocycles. The Hall–Kier alpha value is -3.76. The van der Waals surface area contributed by atoms with Crippen molar-refractivity contribution < 1.29 is 29.4 Å². The molecule has 230 valence electrons. The molecule has 3 amide bonds. The molecule has 10 nitrogen and oxygen atoms in total. The molecule has 0 aliphatic carbocycles. The van der Waals surface area contributed by atoms with Crippen LogP contribution in [0, 0.1) is 17.8 Å². The van der Waals surface area contributed by atoms with Crippen LogP contribution in [0.1, 0.15) is 58.1 Å². The van der Waals surface area contributed by atoms with Crippen LogP contribution in [0.2, 0.25) is 0 Å². The van der Waals surface area contributed by atoms with Gasteiger partial charge in [0.2, 0.25) is 5.91 Å². The number of imide groups is 1. The van der Waals surface area contributed by atoms with E-state index in [-0.39, 0.29) is 30.2 Å². The Labute approximate surface area is 248 Å². The largest absolute Gasteiger partial charge is 0.465 e. The molecule has 0 heterocycles. The number of nitrogens with one attached hydrogen (secondary N) is 4. The molecule has 0 bridgehead atoms. The summed E-state index contributed by atoms with van der Waals surface area (Å²) in [6, 6.07) is 17.9. The highest BCUT2D eigenvalue weighted by Gasteiger charge is 2.44. The Bertz CT molecular complexity index is 1130. The van der Waals surface area contributed by atoms with Crippen LogP contribution in [0.25, 0.3) is 0 Å². The maximum absolute atomic E-state index is 13.1. The molecule has 0 aliphatic rings. The number of carboxylic acid groups (broad SMARTS) is 2. The lowest BCUT2D eigenvalue weighted by molar-refractivity contribution is -0.124. The zero-order valence-corrected chi connectivity index (χ0v) is 25.0. The SMILES string of the molecule is CC(C)C(C=O)NCCCC[C@@H](Cc1ccccc1)C(Cc1ccccc1)(NC(=O)O)N[C@H](C(=O)NC(=O)O)C(C)C. The van der Waals surface area contributed by atoms with Crippen molar-refractivity contribution in [2.45, 2.75) is 77.5 Å². The summed E-state index contributed by atoms with van der Waals surface area (Å²) < 4.78 is 0. The van der Waals surface area contributed by atoms with Gasteiger partial charge in [0.15, 0.2) is 0 Å². The average Bonchev–Trinajstić information content (AvgIpc) is 2.92. The first-order valence-corrected chi connectivity index (χ1v) is 14.6. The van der Waals surface area contributed by atoms with Crippen LogP contribution < -0.4 is 21.3 Å². The highest BCUT2D eigenvalue weighted by molar-refractivity contribution is 5.94. The number of hydrogen-bond donors (Lipinski definition) is 6. The van der Waals surface area contributed by atoms with E-state index < -0.39 is 29.8 Å². The van der Waals surface area contributed by atoms with Gasteiger partial charge in [-0.3, -0.25) is 15.4 Å². The van der Waals surface area contributed by atoms with Gasteiger partial charge in [-0.05, 0) is 54.7 Å². The standard InChI is InChI=1S/C32H46N4O6/c1-22(2)27(21-37)33-18-12-11-17-26(19-24-13-7-5-8-14-24)32(36-31(41)42,20-25-15-9-6-10-16-25)35-28(23(3)4)29(38)34-30(39)40/h5-10,13-16,21-23,26-28,33,35-36H,11-12,17-20H2,1-4H3,(H,34,38)(H,39,40)(H,41,42)/t26-,27?,28-,32?/m0/s1. The predicted octanol–water partition coefficient (Wildman–Crippen LogP) is 4.44. The molecule has 0 fully saturated rings. The van der Waals surface area contributed by atoms with Crippen molar-refractivity contribution in [2.24, 2.45) is 17.8 Å². The molecule has 0 spiro atoms. The minimum Gasteiger partial charge on any atom is -0.465 e. The van der Waals surface area contributed by atoms with Crippen molar-refractivity contribution in [2.75, 3.05) is 6.54 Å². The first kappa shape index (κ1) is 34.4. The molecule has 2 rings (SSSR count). The Kier molecular flexibility index (Phi) is 14.1. The lowest BCUT2D eigenvalue weighted by Crippen LogP contribution is -2.70. The third-order valence-electron chi connectivity index (χ3n) is 7.49. The second-order valence-corrected chi connectivity index (χ2v) is 11.5. The van der Waals surface area contributed by atoms with E-state index in [0.717, 1.165) is 30.3 Å². The summed E-state index contributed by atoms with van der Waals surface area (Å²) in [6.45, 7) is 8.15. The van der Waals surface area contributed by atoms with Gasteiger partial charge in [-0.15, -0.1) is 0 Å². The van der Waals surface area contributed by atoms with Crippen LogP contribution in [0.4, 0.5) is 9.59 Å². The Morgan fingerprint density at radius 3 is 1.93 bits per heavy atom. The topological polar surface area (TPSA) is 157 Å². The molecule has 2 aromatic carbocycles. The molecule has 0 saturated heterocycles. The molecule has 0 aromatic heterocycles. The highest BCUT2D eigenvalue weighted by Crippen LogP contribution is 2.30. The summed E-state index contributed by atoms with van der Waals surface area (Å²) in [7, 11) is 0. The van der Waals surface area contributed by atoms with Crippen molar-refractivity contribution in [3.63, 3.8) is 0 Å². The third-order valence-corrected chi connectivity index (χ3v) is 7.49. The van der Waals surface area contributed by atoms with Gasteiger partial charge in [-0.1, -0.05) is 94.8 Å². The molecule has 0 radical (unpaired) electrons. The first-order chi connectivity index (χ1) is 20.0. The lowest BCUT2D eigenvalue weighted by atomic mass is 9.78. The van der Waals surface area contributed by atoms with Gasteiger partial charge in [0.1, 0.15) is 11.9 Å². The first-order valence-electron chi connectivity index (χ1n) is 14.6. The van der Waals surface area contributed by atoms with Crippen LogP contribution in [0.3, 0.4) is 0 Å². The number of rotatable bonds is 18. The summed E-state index contributed by atoms with van der Waals surface area (Å²) in [6.07, 6.45) is 0.979. The smallest absolute Gasteiger partial charge is 0.411 e. The molecule has 0 aliphatic heterocycles. The van der Waals surface area contributed by atoms with Gasteiger partial charge in [-0.2, -0.15) is 0 Å². The maximum atomic E-state index is 13.1. The van der Waals surface area contributed by atoms with Crippen LogP contribution >= 0.6 is 0 Å². The van der Waals surface area contributed by atoms with Crippen molar-refractivity contribution in [3.05, 3.63) is 71.8 Å².